The predicted octanol–water partition coefficient (Wildman–Crippen LogP) is 0.0783. The van der Waals surface area contributed by atoms with Gasteiger partial charge in [0, 0.05) is 39.3 Å². The molecule has 0 aromatic heterocycles. The monoisotopic (exact) mass is 255 g/mol. The number of piperidine rings is 1. The predicted molar refractivity (Wildman–Crippen MR) is 70.7 cm³/mol. The summed E-state index contributed by atoms with van der Waals surface area (Å²) >= 11 is 0. The Morgan fingerprint density at radius 3 is 2.33 bits per heavy atom. The molecule has 2 heterocycles. The number of carbonyl (C=O) groups is 1. The standard InChI is InChI=1S/C13H25N3O2/c17-13(18)3-6-15-7-9-16(10-8-15)11-12-1-4-14-5-2-12/h12,14H,1-11H2,(H,17,18). The molecular weight excluding hydrogens is 230 g/mol. The molecule has 2 aliphatic heterocycles. The van der Waals surface area contributed by atoms with E-state index < -0.39 is 5.97 Å². The molecule has 2 fully saturated rings. The molecule has 2 N–H and O–H groups in total. The van der Waals surface area contributed by atoms with Gasteiger partial charge in [-0.15, -0.1) is 0 Å². The van der Waals surface area contributed by atoms with Crippen molar-refractivity contribution in [2.75, 3.05) is 52.4 Å². The third-order valence-corrected chi connectivity index (χ3v) is 4.08. The lowest BCUT2D eigenvalue weighted by molar-refractivity contribution is -0.137. The normalized spacial score (nSPS) is 24.2. The van der Waals surface area contributed by atoms with Gasteiger partial charge in [0.2, 0.25) is 0 Å². The van der Waals surface area contributed by atoms with Gasteiger partial charge in [0.1, 0.15) is 0 Å². The first-order valence-corrected chi connectivity index (χ1v) is 7.11. The molecule has 2 saturated heterocycles. The summed E-state index contributed by atoms with van der Waals surface area (Å²) < 4.78 is 0. The van der Waals surface area contributed by atoms with Gasteiger partial charge < -0.3 is 20.2 Å². The van der Waals surface area contributed by atoms with Crippen LogP contribution in [0.15, 0.2) is 0 Å². The highest BCUT2D eigenvalue weighted by atomic mass is 16.4. The lowest BCUT2D eigenvalue weighted by atomic mass is 9.97. The van der Waals surface area contributed by atoms with Crippen LogP contribution in [0.3, 0.4) is 0 Å². The molecule has 0 aliphatic carbocycles. The molecular formula is C13H25N3O2. The second kappa shape index (κ2) is 7.07. The van der Waals surface area contributed by atoms with E-state index >= 15 is 0 Å². The zero-order valence-corrected chi connectivity index (χ0v) is 11.1. The van der Waals surface area contributed by atoms with E-state index in [4.69, 9.17) is 5.11 Å². The molecule has 0 saturated carbocycles. The van der Waals surface area contributed by atoms with Crippen molar-refractivity contribution in [3.8, 4) is 0 Å². The van der Waals surface area contributed by atoms with Gasteiger partial charge in [0.05, 0.1) is 6.42 Å². The number of hydrogen-bond acceptors (Lipinski definition) is 4. The third-order valence-electron chi connectivity index (χ3n) is 4.08. The van der Waals surface area contributed by atoms with Crippen LogP contribution < -0.4 is 5.32 Å². The number of carboxylic acids is 1. The zero-order chi connectivity index (χ0) is 12.8. The lowest BCUT2D eigenvalue weighted by Gasteiger charge is -2.37. The molecule has 0 aromatic rings. The van der Waals surface area contributed by atoms with Crippen molar-refractivity contribution in [3.63, 3.8) is 0 Å². The molecule has 0 aromatic carbocycles. The Bertz CT molecular complexity index is 259. The molecule has 5 heteroatoms. The van der Waals surface area contributed by atoms with Crippen LogP contribution in [-0.2, 0) is 4.79 Å². The van der Waals surface area contributed by atoms with Gasteiger partial charge >= 0.3 is 5.97 Å². The average molecular weight is 255 g/mol. The molecule has 0 spiro atoms. The highest BCUT2D eigenvalue weighted by Gasteiger charge is 2.21. The molecule has 18 heavy (non-hydrogen) atoms. The van der Waals surface area contributed by atoms with Crippen molar-refractivity contribution in [1.82, 2.24) is 15.1 Å². The van der Waals surface area contributed by atoms with E-state index in [1.54, 1.807) is 0 Å². The van der Waals surface area contributed by atoms with E-state index in [1.165, 1.54) is 32.5 Å². The number of aliphatic carboxylic acids is 1. The Morgan fingerprint density at radius 1 is 1.11 bits per heavy atom. The largest absolute Gasteiger partial charge is 0.481 e. The van der Waals surface area contributed by atoms with Crippen molar-refractivity contribution in [2.45, 2.75) is 19.3 Å². The SMILES string of the molecule is O=C(O)CCN1CCN(CC2CCNCC2)CC1. The Balaban J connectivity index is 1.62. The number of rotatable bonds is 5. The second-order valence-corrected chi connectivity index (χ2v) is 5.48. The van der Waals surface area contributed by atoms with Crippen LogP contribution in [0, 0.1) is 5.92 Å². The van der Waals surface area contributed by atoms with Crippen LogP contribution in [0.2, 0.25) is 0 Å². The summed E-state index contributed by atoms with van der Waals surface area (Å²) in [5, 5.41) is 12.1. The molecule has 2 rings (SSSR count). The first kappa shape index (κ1) is 13.8. The maximum atomic E-state index is 10.5. The smallest absolute Gasteiger partial charge is 0.304 e. The highest BCUT2D eigenvalue weighted by Crippen LogP contribution is 2.14. The number of nitrogens with one attached hydrogen (secondary N) is 1. The number of nitrogens with zero attached hydrogens (tertiary/aromatic N) is 2. The first-order chi connectivity index (χ1) is 8.74. The second-order valence-electron chi connectivity index (χ2n) is 5.48. The van der Waals surface area contributed by atoms with Gasteiger partial charge in [-0.1, -0.05) is 0 Å². The molecule has 2 aliphatic rings. The van der Waals surface area contributed by atoms with Gasteiger partial charge in [-0.05, 0) is 31.8 Å². The molecule has 0 amide bonds. The first-order valence-electron chi connectivity index (χ1n) is 7.11. The van der Waals surface area contributed by atoms with E-state index in [2.05, 4.69) is 15.1 Å². The summed E-state index contributed by atoms with van der Waals surface area (Å²) in [4.78, 5) is 15.3. The molecule has 0 atom stereocenters. The van der Waals surface area contributed by atoms with Gasteiger partial charge in [0.15, 0.2) is 0 Å². The van der Waals surface area contributed by atoms with E-state index in [0.717, 1.165) is 32.1 Å². The van der Waals surface area contributed by atoms with E-state index in [9.17, 15) is 4.79 Å². The summed E-state index contributed by atoms with van der Waals surface area (Å²) in [5.74, 6) is 0.170. The minimum atomic E-state index is -0.688. The van der Waals surface area contributed by atoms with Crippen molar-refractivity contribution >= 4 is 5.97 Å². The van der Waals surface area contributed by atoms with Gasteiger partial charge in [0.25, 0.3) is 0 Å². The topological polar surface area (TPSA) is 55.8 Å². The van der Waals surface area contributed by atoms with Crippen molar-refractivity contribution in [3.05, 3.63) is 0 Å². The molecule has 0 bridgehead atoms. The minimum Gasteiger partial charge on any atom is -0.481 e. The van der Waals surface area contributed by atoms with Crippen LogP contribution in [0.5, 0.6) is 0 Å². The van der Waals surface area contributed by atoms with Crippen LogP contribution >= 0.6 is 0 Å². The quantitative estimate of drug-likeness (QED) is 0.728. The zero-order valence-electron chi connectivity index (χ0n) is 11.1. The van der Waals surface area contributed by atoms with Crippen molar-refractivity contribution in [2.24, 2.45) is 5.92 Å². The summed E-state index contributed by atoms with van der Waals surface area (Å²) in [6.07, 6.45) is 2.88. The van der Waals surface area contributed by atoms with Crippen molar-refractivity contribution in [1.29, 1.82) is 0 Å². The van der Waals surface area contributed by atoms with Crippen molar-refractivity contribution < 1.29 is 9.90 Å². The Morgan fingerprint density at radius 2 is 1.72 bits per heavy atom. The Hall–Kier alpha value is -0.650. The van der Waals surface area contributed by atoms with Crippen LogP contribution in [-0.4, -0.2) is 73.2 Å². The Labute approximate surface area is 109 Å². The fourth-order valence-corrected chi connectivity index (χ4v) is 2.88. The summed E-state index contributed by atoms with van der Waals surface area (Å²) in [6.45, 7) is 8.53. The molecule has 0 radical (unpaired) electrons. The molecule has 0 unspecified atom stereocenters. The summed E-state index contributed by atoms with van der Waals surface area (Å²) in [6, 6.07) is 0. The summed E-state index contributed by atoms with van der Waals surface area (Å²) in [7, 11) is 0. The van der Waals surface area contributed by atoms with Gasteiger partial charge in [-0.3, -0.25) is 4.79 Å². The van der Waals surface area contributed by atoms with Gasteiger partial charge in [-0.2, -0.15) is 0 Å². The molecule has 104 valence electrons. The van der Waals surface area contributed by atoms with Crippen LogP contribution in [0.1, 0.15) is 19.3 Å². The van der Waals surface area contributed by atoms with Crippen LogP contribution in [0.4, 0.5) is 0 Å². The van der Waals surface area contributed by atoms with E-state index in [-0.39, 0.29) is 6.42 Å². The number of piperazine rings is 1. The lowest BCUT2D eigenvalue weighted by Crippen LogP contribution is -2.48. The third kappa shape index (κ3) is 4.55. The Kier molecular flexibility index (Phi) is 5.41. The summed E-state index contributed by atoms with van der Waals surface area (Å²) in [5.41, 5.74) is 0. The fourth-order valence-electron chi connectivity index (χ4n) is 2.88. The molecule has 5 nitrogen and oxygen atoms in total. The maximum Gasteiger partial charge on any atom is 0.304 e. The minimum absolute atomic E-state index is 0.272. The number of hydrogen-bond donors (Lipinski definition) is 2. The number of carboxylic acid groups (broad SMARTS) is 1. The van der Waals surface area contributed by atoms with E-state index in [0.29, 0.717) is 6.54 Å². The fraction of sp³-hybridized carbons (Fsp3) is 0.923. The maximum absolute atomic E-state index is 10.5. The average Bonchev–Trinajstić information content (AvgIpc) is 2.39. The highest BCUT2D eigenvalue weighted by molar-refractivity contribution is 5.66. The van der Waals surface area contributed by atoms with E-state index in [1.807, 2.05) is 0 Å². The van der Waals surface area contributed by atoms with Gasteiger partial charge in [-0.25, -0.2) is 0 Å². The van der Waals surface area contributed by atoms with Crippen LogP contribution in [0.25, 0.3) is 0 Å².